The Kier molecular flexibility index (Phi) is 5.51. The summed E-state index contributed by atoms with van der Waals surface area (Å²) in [4.78, 5) is 25.5. The Morgan fingerprint density at radius 1 is 1.44 bits per heavy atom. The maximum atomic E-state index is 11.6. The Bertz CT molecular complexity index is 450. The predicted molar refractivity (Wildman–Crippen MR) is 72.7 cm³/mol. The van der Waals surface area contributed by atoms with Crippen molar-refractivity contribution in [3.8, 4) is 0 Å². The van der Waals surface area contributed by atoms with Crippen molar-refractivity contribution in [3.05, 3.63) is 21.9 Å². The number of thiophene rings is 1. The van der Waals surface area contributed by atoms with Gasteiger partial charge in [-0.05, 0) is 37.8 Å². The molecule has 0 aliphatic carbocycles. The maximum absolute atomic E-state index is 11.6. The Hall–Kier alpha value is -1.69. The van der Waals surface area contributed by atoms with Crippen LogP contribution < -0.4 is 5.43 Å². The van der Waals surface area contributed by atoms with E-state index in [0.717, 1.165) is 10.4 Å². The molecule has 0 radical (unpaired) electrons. The number of rotatable bonds is 4. The van der Waals surface area contributed by atoms with Gasteiger partial charge in [0.25, 0.3) is 0 Å². The van der Waals surface area contributed by atoms with E-state index in [9.17, 15) is 9.59 Å². The molecule has 5 nitrogen and oxygen atoms in total. The minimum absolute atomic E-state index is 0.510. The van der Waals surface area contributed by atoms with E-state index < -0.39 is 11.8 Å². The molecule has 0 atom stereocenters. The van der Waals surface area contributed by atoms with E-state index in [4.69, 9.17) is 0 Å². The van der Waals surface area contributed by atoms with E-state index in [-0.39, 0.29) is 0 Å². The topological polar surface area (TPSA) is 61.8 Å². The quantitative estimate of drug-likeness (QED) is 0.509. The smallest absolute Gasteiger partial charge is 0.329 e. The lowest BCUT2D eigenvalue weighted by molar-refractivity contribution is -0.145. The fraction of sp³-hybridized carbons (Fsp3) is 0.417. The zero-order chi connectivity index (χ0) is 13.5. The lowest BCUT2D eigenvalue weighted by Crippen LogP contribution is -2.41. The van der Waals surface area contributed by atoms with Crippen molar-refractivity contribution in [1.82, 2.24) is 10.3 Å². The highest BCUT2D eigenvalue weighted by Crippen LogP contribution is 2.12. The minimum Gasteiger partial charge on any atom is -0.335 e. The molecule has 0 unspecified atom stereocenters. The molecule has 0 spiro atoms. The van der Waals surface area contributed by atoms with Crippen molar-refractivity contribution in [2.24, 2.45) is 5.10 Å². The van der Waals surface area contributed by atoms with Gasteiger partial charge in [0.15, 0.2) is 0 Å². The standard InChI is InChI=1S/C12H17N3O2S/c1-4-15(5-2)12(17)11(16)14-13-8-10-9(3)6-7-18-10/h6-8H,4-5H2,1-3H3,(H,14,16)/b13-8-. The average molecular weight is 267 g/mol. The summed E-state index contributed by atoms with van der Waals surface area (Å²) >= 11 is 1.53. The summed E-state index contributed by atoms with van der Waals surface area (Å²) < 4.78 is 0. The fourth-order valence-electron chi connectivity index (χ4n) is 1.37. The monoisotopic (exact) mass is 267 g/mol. The van der Waals surface area contributed by atoms with Crippen molar-refractivity contribution in [2.75, 3.05) is 13.1 Å². The van der Waals surface area contributed by atoms with Crippen LogP contribution in [-0.4, -0.2) is 36.0 Å². The normalized spacial score (nSPS) is 10.6. The third kappa shape index (κ3) is 3.66. The predicted octanol–water partition coefficient (Wildman–Crippen LogP) is 1.38. The molecule has 2 amide bonds. The van der Waals surface area contributed by atoms with Crippen LogP contribution in [0, 0.1) is 6.92 Å². The number of hydrogen-bond acceptors (Lipinski definition) is 4. The van der Waals surface area contributed by atoms with Crippen LogP contribution in [0.4, 0.5) is 0 Å². The second-order valence-corrected chi connectivity index (χ2v) is 4.59. The minimum atomic E-state index is -0.704. The molecular formula is C12H17N3O2S. The number of aryl methyl sites for hydroxylation is 1. The number of nitrogens with one attached hydrogen (secondary N) is 1. The summed E-state index contributed by atoms with van der Waals surface area (Å²) in [6.07, 6.45) is 1.55. The zero-order valence-electron chi connectivity index (χ0n) is 10.8. The van der Waals surface area contributed by atoms with Gasteiger partial charge in [-0.2, -0.15) is 5.10 Å². The van der Waals surface area contributed by atoms with Crippen molar-refractivity contribution >= 4 is 29.4 Å². The molecule has 1 N–H and O–H groups in total. The third-order valence-electron chi connectivity index (χ3n) is 2.49. The van der Waals surface area contributed by atoms with E-state index >= 15 is 0 Å². The lowest BCUT2D eigenvalue weighted by atomic mass is 10.3. The fourth-order valence-corrected chi connectivity index (χ4v) is 2.15. The van der Waals surface area contributed by atoms with Crippen LogP contribution in [0.25, 0.3) is 0 Å². The third-order valence-corrected chi connectivity index (χ3v) is 3.45. The molecule has 98 valence electrons. The molecule has 1 rings (SSSR count). The molecule has 0 bridgehead atoms. The number of amides is 2. The van der Waals surface area contributed by atoms with E-state index in [1.807, 2.05) is 32.2 Å². The van der Waals surface area contributed by atoms with E-state index in [2.05, 4.69) is 10.5 Å². The number of carbonyl (C=O) groups is 2. The second kappa shape index (κ2) is 6.90. The summed E-state index contributed by atoms with van der Waals surface area (Å²) in [6.45, 7) is 6.63. The second-order valence-electron chi connectivity index (χ2n) is 3.64. The van der Waals surface area contributed by atoms with Crippen LogP contribution in [0.1, 0.15) is 24.3 Å². The number of carbonyl (C=O) groups excluding carboxylic acids is 2. The zero-order valence-corrected chi connectivity index (χ0v) is 11.6. The number of hydrogen-bond donors (Lipinski definition) is 1. The lowest BCUT2D eigenvalue weighted by Gasteiger charge is -2.16. The average Bonchev–Trinajstić information content (AvgIpc) is 2.76. The van der Waals surface area contributed by atoms with Crippen molar-refractivity contribution in [1.29, 1.82) is 0 Å². The number of hydrazone groups is 1. The van der Waals surface area contributed by atoms with Gasteiger partial charge < -0.3 is 4.90 Å². The first-order valence-corrected chi connectivity index (χ1v) is 6.64. The molecule has 0 aromatic carbocycles. The van der Waals surface area contributed by atoms with Gasteiger partial charge in [0.1, 0.15) is 0 Å². The van der Waals surface area contributed by atoms with Gasteiger partial charge in [0, 0.05) is 18.0 Å². The Morgan fingerprint density at radius 3 is 2.61 bits per heavy atom. The highest BCUT2D eigenvalue weighted by atomic mass is 32.1. The highest BCUT2D eigenvalue weighted by Gasteiger charge is 2.18. The van der Waals surface area contributed by atoms with Crippen LogP contribution in [0.2, 0.25) is 0 Å². The van der Waals surface area contributed by atoms with Gasteiger partial charge in [-0.3, -0.25) is 9.59 Å². The first kappa shape index (κ1) is 14.4. The summed E-state index contributed by atoms with van der Waals surface area (Å²) in [6, 6.07) is 1.97. The number of nitrogens with zero attached hydrogens (tertiary/aromatic N) is 2. The van der Waals surface area contributed by atoms with Gasteiger partial charge in [-0.15, -0.1) is 11.3 Å². The van der Waals surface area contributed by atoms with Crippen molar-refractivity contribution in [3.63, 3.8) is 0 Å². The summed E-state index contributed by atoms with van der Waals surface area (Å²) in [5.41, 5.74) is 3.33. The largest absolute Gasteiger partial charge is 0.335 e. The van der Waals surface area contributed by atoms with Gasteiger partial charge in [0.05, 0.1) is 6.21 Å². The molecule has 18 heavy (non-hydrogen) atoms. The summed E-state index contributed by atoms with van der Waals surface area (Å²) in [5.74, 6) is -1.26. The summed E-state index contributed by atoms with van der Waals surface area (Å²) in [5, 5.41) is 5.73. The molecule has 0 fully saturated rings. The Morgan fingerprint density at radius 2 is 2.11 bits per heavy atom. The first-order valence-electron chi connectivity index (χ1n) is 5.76. The molecule has 0 aliphatic heterocycles. The van der Waals surface area contributed by atoms with E-state index in [1.54, 1.807) is 6.21 Å². The van der Waals surface area contributed by atoms with Crippen LogP contribution in [0.15, 0.2) is 16.5 Å². The Labute approximate surface area is 110 Å². The summed E-state index contributed by atoms with van der Waals surface area (Å²) in [7, 11) is 0. The highest BCUT2D eigenvalue weighted by molar-refractivity contribution is 7.11. The van der Waals surface area contributed by atoms with Gasteiger partial charge in [-0.25, -0.2) is 5.43 Å². The van der Waals surface area contributed by atoms with Crippen LogP contribution >= 0.6 is 11.3 Å². The van der Waals surface area contributed by atoms with Gasteiger partial charge >= 0.3 is 11.8 Å². The molecule has 0 saturated carbocycles. The van der Waals surface area contributed by atoms with Crippen molar-refractivity contribution < 1.29 is 9.59 Å². The van der Waals surface area contributed by atoms with Crippen LogP contribution in [-0.2, 0) is 9.59 Å². The van der Waals surface area contributed by atoms with Crippen molar-refractivity contribution in [2.45, 2.75) is 20.8 Å². The molecule has 0 saturated heterocycles. The molecule has 0 aliphatic rings. The van der Waals surface area contributed by atoms with Crippen LogP contribution in [0.3, 0.4) is 0 Å². The van der Waals surface area contributed by atoms with Gasteiger partial charge in [0.2, 0.25) is 0 Å². The number of likely N-dealkylation sites (N-methyl/N-ethyl adjacent to an activating group) is 1. The van der Waals surface area contributed by atoms with E-state index in [1.165, 1.54) is 16.2 Å². The van der Waals surface area contributed by atoms with Crippen LogP contribution in [0.5, 0.6) is 0 Å². The Balaban J connectivity index is 2.53. The molecule has 1 aromatic heterocycles. The molecular weight excluding hydrogens is 250 g/mol. The molecule has 1 heterocycles. The SMILES string of the molecule is CCN(CC)C(=O)C(=O)N/N=C\c1sccc1C. The molecule has 1 aromatic rings. The van der Waals surface area contributed by atoms with Gasteiger partial charge in [-0.1, -0.05) is 0 Å². The van der Waals surface area contributed by atoms with E-state index in [0.29, 0.717) is 13.1 Å². The molecule has 6 heteroatoms. The first-order chi connectivity index (χ1) is 8.60. The maximum Gasteiger partial charge on any atom is 0.329 e.